The van der Waals surface area contributed by atoms with E-state index in [1.165, 1.54) is 6.92 Å². The van der Waals surface area contributed by atoms with E-state index in [1.54, 1.807) is 4.90 Å². The third kappa shape index (κ3) is 5.12. The van der Waals surface area contributed by atoms with Gasteiger partial charge >= 0.3 is 0 Å². The van der Waals surface area contributed by atoms with Crippen LogP contribution in [0.5, 0.6) is 0 Å². The van der Waals surface area contributed by atoms with Crippen molar-refractivity contribution in [3.63, 3.8) is 0 Å². The molecule has 4 heteroatoms. The zero-order valence-corrected chi connectivity index (χ0v) is 11.9. The average molecular weight is 262 g/mol. The van der Waals surface area contributed by atoms with Crippen LogP contribution in [0.2, 0.25) is 0 Å². The van der Waals surface area contributed by atoms with Crippen LogP contribution in [0.3, 0.4) is 0 Å². The molecule has 0 saturated heterocycles. The van der Waals surface area contributed by atoms with Crippen LogP contribution in [0.1, 0.15) is 31.4 Å². The van der Waals surface area contributed by atoms with Gasteiger partial charge in [-0.1, -0.05) is 31.2 Å². The number of hydrogen-bond acceptors (Lipinski definition) is 2. The van der Waals surface area contributed by atoms with Crippen LogP contribution < -0.4 is 5.32 Å². The highest BCUT2D eigenvalue weighted by Gasteiger charge is 2.14. The molecule has 0 unspecified atom stereocenters. The number of nitrogens with zero attached hydrogens (tertiary/aromatic N) is 1. The second-order valence-corrected chi connectivity index (χ2v) is 4.65. The van der Waals surface area contributed by atoms with E-state index in [1.807, 2.05) is 38.1 Å². The van der Waals surface area contributed by atoms with Gasteiger partial charge < -0.3 is 10.2 Å². The minimum absolute atomic E-state index is 0.0881. The molecule has 0 aromatic heterocycles. The zero-order chi connectivity index (χ0) is 14.3. The summed E-state index contributed by atoms with van der Waals surface area (Å²) in [6.45, 7) is 6.73. The number of benzene rings is 1. The predicted octanol–water partition coefficient (Wildman–Crippen LogP) is 1.87. The van der Waals surface area contributed by atoms with Crippen molar-refractivity contribution in [2.75, 3.05) is 13.1 Å². The Morgan fingerprint density at radius 3 is 2.53 bits per heavy atom. The van der Waals surface area contributed by atoms with Crippen molar-refractivity contribution in [2.24, 2.45) is 0 Å². The topological polar surface area (TPSA) is 49.4 Å². The molecule has 0 bridgehead atoms. The maximum Gasteiger partial charge on any atom is 0.239 e. The van der Waals surface area contributed by atoms with Gasteiger partial charge in [0.1, 0.15) is 0 Å². The zero-order valence-electron chi connectivity index (χ0n) is 11.9. The number of hydrogen-bond donors (Lipinski definition) is 1. The fraction of sp³-hybridized carbons (Fsp3) is 0.467. The summed E-state index contributed by atoms with van der Waals surface area (Å²) in [6.07, 6.45) is 0.892. The third-order valence-electron chi connectivity index (χ3n) is 2.97. The lowest BCUT2D eigenvalue weighted by Crippen LogP contribution is -2.39. The Balaban J connectivity index is 2.66. The molecular weight excluding hydrogens is 240 g/mol. The Morgan fingerprint density at radius 1 is 1.26 bits per heavy atom. The van der Waals surface area contributed by atoms with E-state index in [4.69, 9.17) is 0 Å². The van der Waals surface area contributed by atoms with E-state index < -0.39 is 0 Å². The summed E-state index contributed by atoms with van der Waals surface area (Å²) in [5.41, 5.74) is 2.20. The summed E-state index contributed by atoms with van der Waals surface area (Å²) >= 11 is 0. The molecule has 1 rings (SSSR count). The van der Waals surface area contributed by atoms with Gasteiger partial charge in [0.2, 0.25) is 11.8 Å². The minimum atomic E-state index is -0.106. The SMILES string of the molecule is CCCNC(=O)CN(Cc1ccccc1C)C(C)=O. The van der Waals surface area contributed by atoms with Gasteiger partial charge in [-0.15, -0.1) is 0 Å². The molecule has 0 aliphatic heterocycles. The van der Waals surface area contributed by atoms with Crippen LogP contribution in [0, 0.1) is 6.92 Å². The van der Waals surface area contributed by atoms with Crippen molar-refractivity contribution in [3.8, 4) is 0 Å². The van der Waals surface area contributed by atoms with Gasteiger partial charge in [0.25, 0.3) is 0 Å². The van der Waals surface area contributed by atoms with Gasteiger partial charge in [-0.3, -0.25) is 9.59 Å². The van der Waals surface area contributed by atoms with Crippen molar-refractivity contribution in [1.82, 2.24) is 10.2 Å². The van der Waals surface area contributed by atoms with Gasteiger partial charge in [-0.25, -0.2) is 0 Å². The maximum atomic E-state index is 11.7. The molecule has 0 saturated carbocycles. The second-order valence-electron chi connectivity index (χ2n) is 4.65. The molecule has 1 N–H and O–H groups in total. The number of aryl methyl sites for hydroxylation is 1. The molecular formula is C15H22N2O2. The van der Waals surface area contributed by atoms with Crippen LogP contribution >= 0.6 is 0 Å². The van der Waals surface area contributed by atoms with Crippen molar-refractivity contribution in [3.05, 3.63) is 35.4 Å². The van der Waals surface area contributed by atoms with Crippen LogP contribution in [-0.2, 0) is 16.1 Å². The smallest absolute Gasteiger partial charge is 0.239 e. The van der Waals surface area contributed by atoms with Gasteiger partial charge in [0.15, 0.2) is 0 Å². The number of carbonyl (C=O) groups is 2. The van der Waals surface area contributed by atoms with E-state index in [-0.39, 0.29) is 18.4 Å². The van der Waals surface area contributed by atoms with Crippen molar-refractivity contribution in [1.29, 1.82) is 0 Å². The standard InChI is InChI=1S/C15H22N2O2/c1-4-9-16-15(19)11-17(13(3)18)10-14-8-6-5-7-12(14)2/h5-8H,4,9-11H2,1-3H3,(H,16,19). The minimum Gasteiger partial charge on any atom is -0.355 e. The Hall–Kier alpha value is -1.84. The summed E-state index contributed by atoms with van der Waals surface area (Å²) in [6, 6.07) is 7.89. The number of nitrogens with one attached hydrogen (secondary N) is 1. The quantitative estimate of drug-likeness (QED) is 0.851. The van der Waals surface area contributed by atoms with Gasteiger partial charge in [-0.05, 0) is 24.5 Å². The first-order chi connectivity index (χ1) is 9.04. The Kier molecular flexibility index (Phi) is 6.06. The molecule has 0 aliphatic carbocycles. The first-order valence-electron chi connectivity index (χ1n) is 6.61. The number of carbonyl (C=O) groups excluding carboxylic acids is 2. The highest BCUT2D eigenvalue weighted by Crippen LogP contribution is 2.10. The number of rotatable bonds is 6. The Bertz CT molecular complexity index is 444. The van der Waals surface area contributed by atoms with Crippen molar-refractivity contribution in [2.45, 2.75) is 33.7 Å². The van der Waals surface area contributed by atoms with Crippen LogP contribution in [0.25, 0.3) is 0 Å². The third-order valence-corrected chi connectivity index (χ3v) is 2.97. The summed E-state index contributed by atoms with van der Waals surface area (Å²) in [4.78, 5) is 24.9. The first kappa shape index (κ1) is 15.2. The lowest BCUT2D eigenvalue weighted by atomic mass is 10.1. The molecule has 104 valence electrons. The molecule has 0 radical (unpaired) electrons. The molecule has 19 heavy (non-hydrogen) atoms. The molecule has 0 fully saturated rings. The first-order valence-corrected chi connectivity index (χ1v) is 6.61. The Morgan fingerprint density at radius 2 is 1.95 bits per heavy atom. The molecule has 1 aromatic rings. The van der Waals surface area contributed by atoms with E-state index >= 15 is 0 Å². The molecule has 2 amide bonds. The second kappa shape index (κ2) is 7.56. The summed E-state index contributed by atoms with van der Waals surface area (Å²) < 4.78 is 0. The average Bonchev–Trinajstić information content (AvgIpc) is 2.38. The molecule has 4 nitrogen and oxygen atoms in total. The summed E-state index contributed by atoms with van der Waals surface area (Å²) in [5, 5.41) is 2.79. The summed E-state index contributed by atoms with van der Waals surface area (Å²) in [7, 11) is 0. The fourth-order valence-electron chi connectivity index (χ4n) is 1.77. The summed E-state index contributed by atoms with van der Waals surface area (Å²) in [5.74, 6) is -0.194. The van der Waals surface area contributed by atoms with E-state index in [0.717, 1.165) is 17.5 Å². The van der Waals surface area contributed by atoms with E-state index in [0.29, 0.717) is 13.1 Å². The molecule has 1 aromatic carbocycles. The fourth-order valence-corrected chi connectivity index (χ4v) is 1.77. The lowest BCUT2D eigenvalue weighted by molar-refractivity contribution is -0.134. The highest BCUT2D eigenvalue weighted by atomic mass is 16.2. The predicted molar refractivity (Wildman–Crippen MR) is 75.6 cm³/mol. The Labute approximate surface area is 114 Å². The normalized spacial score (nSPS) is 10.1. The lowest BCUT2D eigenvalue weighted by Gasteiger charge is -2.21. The van der Waals surface area contributed by atoms with Crippen LogP contribution in [-0.4, -0.2) is 29.8 Å². The van der Waals surface area contributed by atoms with E-state index in [2.05, 4.69) is 5.32 Å². The van der Waals surface area contributed by atoms with Crippen molar-refractivity contribution < 1.29 is 9.59 Å². The van der Waals surface area contributed by atoms with Crippen molar-refractivity contribution >= 4 is 11.8 Å². The molecule has 0 heterocycles. The largest absolute Gasteiger partial charge is 0.355 e. The van der Waals surface area contributed by atoms with Crippen LogP contribution in [0.15, 0.2) is 24.3 Å². The molecule has 0 aliphatic rings. The van der Waals surface area contributed by atoms with Gasteiger partial charge in [0, 0.05) is 20.0 Å². The monoisotopic (exact) mass is 262 g/mol. The highest BCUT2D eigenvalue weighted by molar-refractivity contribution is 5.83. The molecule has 0 atom stereocenters. The van der Waals surface area contributed by atoms with Crippen LogP contribution in [0.4, 0.5) is 0 Å². The van der Waals surface area contributed by atoms with Gasteiger partial charge in [-0.2, -0.15) is 0 Å². The maximum absolute atomic E-state index is 11.7. The van der Waals surface area contributed by atoms with Gasteiger partial charge in [0.05, 0.1) is 6.54 Å². The van der Waals surface area contributed by atoms with E-state index in [9.17, 15) is 9.59 Å². The molecule has 0 spiro atoms. The number of amides is 2.